The van der Waals surface area contributed by atoms with Gasteiger partial charge in [0.15, 0.2) is 11.5 Å². The van der Waals surface area contributed by atoms with Crippen LogP contribution in [0.3, 0.4) is 0 Å². The van der Waals surface area contributed by atoms with Crippen molar-refractivity contribution in [1.82, 2.24) is 24.9 Å². The smallest absolute Gasteiger partial charge is 0.230 e. The molecule has 5 rings (SSSR count). The van der Waals surface area contributed by atoms with Crippen LogP contribution in [0.15, 0.2) is 42.9 Å². The van der Waals surface area contributed by atoms with Gasteiger partial charge in [-0.05, 0) is 35.9 Å². The second-order valence-corrected chi connectivity index (χ2v) is 8.75. The number of aromatic nitrogens is 5. The molecule has 1 aromatic carbocycles. The predicted octanol–water partition coefficient (Wildman–Crippen LogP) is 2.02. The molecule has 1 aliphatic rings. The van der Waals surface area contributed by atoms with Crippen molar-refractivity contribution < 1.29 is 13.2 Å². The summed E-state index contributed by atoms with van der Waals surface area (Å²) in [7, 11) is -3.52. The minimum atomic E-state index is -3.52. The summed E-state index contributed by atoms with van der Waals surface area (Å²) in [5, 5.41) is 6.02. The van der Waals surface area contributed by atoms with Crippen molar-refractivity contribution in [3.8, 4) is 11.4 Å². The first-order valence-electron chi connectivity index (χ1n) is 9.19. The molecule has 156 valence electrons. The quantitative estimate of drug-likeness (QED) is 0.370. The van der Waals surface area contributed by atoms with Gasteiger partial charge in [-0.25, -0.2) is 28.4 Å². The van der Waals surface area contributed by atoms with E-state index in [1.807, 2.05) is 18.2 Å². The number of nitrogens with one attached hydrogen (secondary N) is 4. The van der Waals surface area contributed by atoms with E-state index in [1.165, 1.54) is 12.5 Å². The molecule has 0 radical (unpaired) electrons. The lowest BCUT2D eigenvalue weighted by molar-refractivity contribution is -0.115. The minimum Gasteiger partial charge on any atom is -0.338 e. The Morgan fingerprint density at radius 3 is 2.81 bits per heavy atom. The number of anilines is 4. The second-order valence-electron chi connectivity index (χ2n) is 7.00. The van der Waals surface area contributed by atoms with Gasteiger partial charge in [0.2, 0.25) is 15.9 Å². The molecule has 0 bridgehead atoms. The molecule has 1 amide bonds. The maximum atomic E-state index is 11.7. The first-order valence-corrected chi connectivity index (χ1v) is 11.1. The fourth-order valence-electron chi connectivity index (χ4n) is 3.35. The molecule has 3 aromatic heterocycles. The Bertz CT molecular complexity index is 1450. The average Bonchev–Trinajstić information content (AvgIpc) is 3.30. The van der Waals surface area contributed by atoms with Gasteiger partial charge in [-0.2, -0.15) is 0 Å². The lowest BCUT2D eigenvalue weighted by atomic mass is 10.1. The summed E-state index contributed by atoms with van der Waals surface area (Å²) in [6.45, 7) is 0. The maximum absolute atomic E-state index is 11.7. The Hall–Kier alpha value is -4.06. The number of benzene rings is 1. The van der Waals surface area contributed by atoms with Gasteiger partial charge in [-0.1, -0.05) is 0 Å². The SMILES string of the molecule is CS(=O)(=O)Nc1ncccc1-c1nc2ncnc(Nc3ccc4c(c3)CC(=O)N4)c2[nH]1. The molecule has 4 heterocycles. The predicted molar refractivity (Wildman–Crippen MR) is 115 cm³/mol. The molecule has 12 heteroatoms. The van der Waals surface area contributed by atoms with Crippen LogP contribution in [0, 0.1) is 0 Å². The molecular formula is C19H16N8O3S. The zero-order chi connectivity index (χ0) is 21.6. The molecule has 0 atom stereocenters. The topological polar surface area (TPSA) is 155 Å². The van der Waals surface area contributed by atoms with Crippen LogP contribution in [0.25, 0.3) is 22.6 Å². The van der Waals surface area contributed by atoms with Gasteiger partial charge in [0.1, 0.15) is 23.5 Å². The van der Waals surface area contributed by atoms with E-state index < -0.39 is 10.0 Å². The molecular weight excluding hydrogens is 420 g/mol. The highest BCUT2D eigenvalue weighted by molar-refractivity contribution is 7.92. The first kappa shape index (κ1) is 18.9. The van der Waals surface area contributed by atoms with Crippen molar-refractivity contribution >= 4 is 50.1 Å². The van der Waals surface area contributed by atoms with Crippen molar-refractivity contribution in [2.75, 3.05) is 21.6 Å². The van der Waals surface area contributed by atoms with Crippen LogP contribution in [-0.4, -0.2) is 45.5 Å². The Kier molecular flexibility index (Phi) is 4.29. The van der Waals surface area contributed by atoms with Crippen molar-refractivity contribution in [1.29, 1.82) is 0 Å². The van der Waals surface area contributed by atoms with E-state index in [1.54, 1.807) is 12.1 Å². The highest BCUT2D eigenvalue weighted by Gasteiger charge is 2.19. The lowest BCUT2D eigenvalue weighted by Gasteiger charge is -2.08. The lowest BCUT2D eigenvalue weighted by Crippen LogP contribution is -2.11. The van der Waals surface area contributed by atoms with Gasteiger partial charge in [0, 0.05) is 17.6 Å². The van der Waals surface area contributed by atoms with Gasteiger partial charge < -0.3 is 15.6 Å². The van der Waals surface area contributed by atoms with Gasteiger partial charge >= 0.3 is 0 Å². The number of hydrogen-bond acceptors (Lipinski definition) is 8. The number of amides is 1. The third kappa shape index (κ3) is 3.75. The number of aromatic amines is 1. The summed E-state index contributed by atoms with van der Waals surface area (Å²) < 4.78 is 25.7. The molecule has 4 N–H and O–H groups in total. The number of carbonyl (C=O) groups excluding carboxylic acids is 1. The van der Waals surface area contributed by atoms with Crippen molar-refractivity contribution in [2.45, 2.75) is 6.42 Å². The highest BCUT2D eigenvalue weighted by Crippen LogP contribution is 2.31. The molecule has 0 spiro atoms. The monoisotopic (exact) mass is 436 g/mol. The van der Waals surface area contributed by atoms with Gasteiger partial charge in [0.05, 0.1) is 18.2 Å². The summed E-state index contributed by atoms with van der Waals surface area (Å²) in [5.41, 5.74) is 3.87. The maximum Gasteiger partial charge on any atom is 0.230 e. The number of sulfonamides is 1. The van der Waals surface area contributed by atoms with Crippen LogP contribution < -0.4 is 15.4 Å². The molecule has 0 saturated heterocycles. The molecule has 0 saturated carbocycles. The van der Waals surface area contributed by atoms with Crippen molar-refractivity contribution in [3.05, 3.63) is 48.4 Å². The van der Waals surface area contributed by atoms with E-state index in [0.717, 1.165) is 23.2 Å². The summed E-state index contributed by atoms with van der Waals surface area (Å²) in [5.74, 6) is 0.996. The number of hydrogen-bond donors (Lipinski definition) is 4. The van der Waals surface area contributed by atoms with E-state index in [4.69, 9.17) is 0 Å². The van der Waals surface area contributed by atoms with Crippen LogP contribution in [0.4, 0.5) is 23.0 Å². The van der Waals surface area contributed by atoms with Crippen LogP contribution in [0.2, 0.25) is 0 Å². The summed E-state index contributed by atoms with van der Waals surface area (Å²) in [6, 6.07) is 8.93. The molecule has 31 heavy (non-hydrogen) atoms. The average molecular weight is 436 g/mol. The molecule has 1 aliphatic heterocycles. The van der Waals surface area contributed by atoms with E-state index in [0.29, 0.717) is 34.8 Å². The van der Waals surface area contributed by atoms with Crippen molar-refractivity contribution in [3.63, 3.8) is 0 Å². The van der Waals surface area contributed by atoms with Crippen LogP contribution >= 0.6 is 0 Å². The minimum absolute atomic E-state index is 0.0373. The number of pyridine rings is 1. The van der Waals surface area contributed by atoms with Crippen LogP contribution in [-0.2, 0) is 21.2 Å². The molecule has 4 aromatic rings. The normalized spacial score (nSPS) is 13.1. The number of fused-ring (bicyclic) bond motifs is 2. The number of nitrogens with zero attached hydrogens (tertiary/aromatic N) is 4. The fraction of sp³-hybridized carbons (Fsp3) is 0.105. The van der Waals surface area contributed by atoms with E-state index in [2.05, 4.69) is 40.3 Å². The van der Waals surface area contributed by atoms with Crippen LogP contribution in [0.1, 0.15) is 5.56 Å². The Morgan fingerprint density at radius 2 is 1.97 bits per heavy atom. The Morgan fingerprint density at radius 1 is 1.10 bits per heavy atom. The molecule has 0 fully saturated rings. The van der Waals surface area contributed by atoms with E-state index in [-0.39, 0.29) is 11.7 Å². The molecule has 0 aliphatic carbocycles. The van der Waals surface area contributed by atoms with Crippen LogP contribution in [0.5, 0.6) is 0 Å². The first-order chi connectivity index (χ1) is 14.9. The van der Waals surface area contributed by atoms with Gasteiger partial charge in [0.25, 0.3) is 0 Å². The van der Waals surface area contributed by atoms with Gasteiger partial charge in [-0.3, -0.25) is 9.52 Å². The van der Waals surface area contributed by atoms with Gasteiger partial charge in [-0.15, -0.1) is 0 Å². The van der Waals surface area contributed by atoms with E-state index in [9.17, 15) is 13.2 Å². The number of carbonyl (C=O) groups is 1. The molecule has 11 nitrogen and oxygen atoms in total. The fourth-order valence-corrected chi connectivity index (χ4v) is 3.86. The number of imidazole rings is 1. The number of rotatable bonds is 5. The Balaban J connectivity index is 1.53. The Labute approximate surface area is 176 Å². The highest BCUT2D eigenvalue weighted by atomic mass is 32.2. The van der Waals surface area contributed by atoms with Crippen molar-refractivity contribution in [2.24, 2.45) is 0 Å². The largest absolute Gasteiger partial charge is 0.338 e. The molecule has 0 unspecified atom stereocenters. The second kappa shape index (κ2) is 7.02. The third-order valence-electron chi connectivity index (χ3n) is 4.63. The summed E-state index contributed by atoms with van der Waals surface area (Å²) in [4.78, 5) is 31.8. The number of H-pyrrole nitrogens is 1. The standard InChI is InChI=1S/C19H16N8O3S/c1-31(29,30)27-16-12(3-2-6-20-16)17-25-15-18(21-9-22-19(15)26-17)23-11-4-5-13-10(7-11)8-14(28)24-13/h2-7,9H,8H2,1H3,(H,20,27)(H,24,28)(H2,21,22,23,25,26). The summed E-state index contributed by atoms with van der Waals surface area (Å²) in [6.07, 6.45) is 4.25. The zero-order valence-electron chi connectivity index (χ0n) is 16.2. The van der Waals surface area contributed by atoms with E-state index >= 15 is 0 Å². The summed E-state index contributed by atoms with van der Waals surface area (Å²) >= 11 is 0. The third-order valence-corrected chi connectivity index (χ3v) is 5.19. The zero-order valence-corrected chi connectivity index (χ0v) is 17.0.